The first-order valence-electron chi connectivity index (χ1n) is 11.6. The van der Waals surface area contributed by atoms with Gasteiger partial charge in [-0.3, -0.25) is 4.79 Å². The summed E-state index contributed by atoms with van der Waals surface area (Å²) in [5.74, 6) is 0.402. The number of benzene rings is 2. The number of likely N-dealkylation sites (N-methyl/N-ethyl adjacent to an activating group) is 1. The molecule has 2 N–H and O–H groups in total. The van der Waals surface area contributed by atoms with Crippen molar-refractivity contribution in [1.29, 1.82) is 0 Å². The quantitative estimate of drug-likeness (QED) is 0.420. The number of aliphatic hydroxyl groups excluding tert-OH is 2. The van der Waals surface area contributed by atoms with E-state index in [9.17, 15) is 15.0 Å². The molecule has 3 aromatic rings. The first-order valence-corrected chi connectivity index (χ1v) is 12.7. The van der Waals surface area contributed by atoms with Crippen LogP contribution in [-0.4, -0.2) is 53.4 Å². The number of amides is 1. The highest BCUT2D eigenvalue weighted by atomic mass is 35.5. The molecule has 2 heterocycles. The summed E-state index contributed by atoms with van der Waals surface area (Å²) in [4.78, 5) is 21.9. The average Bonchev–Trinajstić information content (AvgIpc) is 3.23. The second-order valence-corrected chi connectivity index (χ2v) is 10.8. The van der Waals surface area contributed by atoms with E-state index in [1.54, 1.807) is 42.4 Å². The molecule has 0 saturated carbocycles. The van der Waals surface area contributed by atoms with Crippen LogP contribution in [0.25, 0.3) is 11.1 Å². The summed E-state index contributed by atoms with van der Waals surface area (Å²) in [5, 5.41) is 21.4. The maximum absolute atomic E-state index is 13.8. The van der Waals surface area contributed by atoms with Crippen molar-refractivity contribution in [2.24, 2.45) is 0 Å². The van der Waals surface area contributed by atoms with Crippen LogP contribution in [0.5, 0.6) is 0 Å². The van der Waals surface area contributed by atoms with E-state index >= 15 is 0 Å². The molecule has 2 unspecified atom stereocenters. The van der Waals surface area contributed by atoms with Crippen molar-refractivity contribution in [3.8, 4) is 11.1 Å². The predicted molar refractivity (Wildman–Crippen MR) is 146 cm³/mol. The molecule has 1 aliphatic rings. The van der Waals surface area contributed by atoms with Crippen molar-refractivity contribution in [3.05, 3.63) is 75.4 Å². The van der Waals surface area contributed by atoms with Gasteiger partial charge in [0.1, 0.15) is 5.82 Å². The molecule has 0 bridgehead atoms. The third kappa shape index (κ3) is 5.20. The molecule has 36 heavy (non-hydrogen) atoms. The number of hydrogen-bond acceptors (Lipinski definition) is 5. The van der Waals surface area contributed by atoms with Crippen molar-refractivity contribution in [2.75, 3.05) is 30.0 Å². The fraction of sp³-hybridized carbons (Fsp3) is 0.333. The van der Waals surface area contributed by atoms with Gasteiger partial charge in [0.2, 0.25) is 5.91 Å². The summed E-state index contributed by atoms with van der Waals surface area (Å²) < 4.78 is 0. The Kier molecular flexibility index (Phi) is 7.83. The maximum atomic E-state index is 13.8. The third-order valence-electron chi connectivity index (χ3n) is 6.71. The fourth-order valence-corrected chi connectivity index (χ4v) is 5.43. The van der Waals surface area contributed by atoms with E-state index in [2.05, 4.69) is 4.98 Å². The van der Waals surface area contributed by atoms with E-state index in [4.69, 9.17) is 34.8 Å². The number of halogens is 3. The number of hydrogen-bond donors (Lipinski definition) is 2. The molecule has 1 amide bonds. The Balaban J connectivity index is 1.79. The van der Waals surface area contributed by atoms with Gasteiger partial charge in [0.25, 0.3) is 0 Å². The van der Waals surface area contributed by atoms with Crippen LogP contribution in [0.15, 0.2) is 54.7 Å². The van der Waals surface area contributed by atoms with Crippen LogP contribution in [0.1, 0.15) is 25.8 Å². The van der Waals surface area contributed by atoms with Crippen LogP contribution < -0.4 is 9.80 Å². The van der Waals surface area contributed by atoms with E-state index in [0.29, 0.717) is 50.7 Å². The summed E-state index contributed by atoms with van der Waals surface area (Å²) in [6, 6.07) is 14.1. The Morgan fingerprint density at radius 1 is 1.11 bits per heavy atom. The van der Waals surface area contributed by atoms with Gasteiger partial charge in [0.05, 0.1) is 36.1 Å². The minimum atomic E-state index is -0.944. The topological polar surface area (TPSA) is 76.9 Å². The number of anilines is 2. The average molecular weight is 549 g/mol. The Morgan fingerprint density at radius 3 is 2.42 bits per heavy atom. The zero-order valence-corrected chi connectivity index (χ0v) is 22.5. The van der Waals surface area contributed by atoms with Crippen LogP contribution in [0.4, 0.5) is 11.5 Å². The standard InChI is InChI=1S/C27H28Cl3N3O3/c1-27(2,16-8-17(28)10-18(29)9-16)26(36)32(3)24-13-31-25(33-14-20(35)11-19(33)15-34)12-22(24)21-6-4-5-7-23(21)30/h4-10,12-13,19-20,34-35H,11,14-15H2,1-3H3. The van der Waals surface area contributed by atoms with Crippen molar-refractivity contribution >= 4 is 52.2 Å². The monoisotopic (exact) mass is 547 g/mol. The number of aliphatic hydroxyl groups is 2. The minimum absolute atomic E-state index is 0.101. The smallest absolute Gasteiger partial charge is 0.236 e. The molecular weight excluding hydrogens is 521 g/mol. The summed E-state index contributed by atoms with van der Waals surface area (Å²) in [6.07, 6.45) is 1.53. The minimum Gasteiger partial charge on any atom is -0.394 e. The van der Waals surface area contributed by atoms with Crippen LogP contribution in [-0.2, 0) is 10.2 Å². The molecule has 4 rings (SSSR count). The second-order valence-electron chi connectivity index (χ2n) is 9.57. The Labute approximate surface area is 226 Å². The zero-order chi connectivity index (χ0) is 26.2. The van der Waals surface area contributed by atoms with Crippen LogP contribution in [0, 0.1) is 0 Å². The Hall–Kier alpha value is -2.35. The fourth-order valence-electron chi connectivity index (χ4n) is 4.67. The van der Waals surface area contributed by atoms with Gasteiger partial charge in [-0.15, -0.1) is 0 Å². The van der Waals surface area contributed by atoms with E-state index in [-0.39, 0.29) is 18.6 Å². The molecule has 1 aliphatic heterocycles. The first kappa shape index (κ1) is 26.7. The molecule has 1 saturated heterocycles. The highest BCUT2D eigenvalue weighted by molar-refractivity contribution is 6.35. The van der Waals surface area contributed by atoms with Gasteiger partial charge in [-0.1, -0.05) is 53.0 Å². The Bertz CT molecular complexity index is 1260. The lowest BCUT2D eigenvalue weighted by Crippen LogP contribution is -2.42. The van der Waals surface area contributed by atoms with Crippen LogP contribution in [0.3, 0.4) is 0 Å². The largest absolute Gasteiger partial charge is 0.394 e. The highest BCUT2D eigenvalue weighted by Crippen LogP contribution is 2.40. The molecule has 9 heteroatoms. The number of β-amino-alcohol motifs (C(OH)–C–C–N with tert-alkyl or cyclic N) is 1. The molecule has 1 aromatic heterocycles. The molecule has 1 fully saturated rings. The summed E-state index contributed by atoms with van der Waals surface area (Å²) >= 11 is 19.0. The summed E-state index contributed by atoms with van der Waals surface area (Å²) in [5.41, 5.74) is 1.76. The number of aromatic nitrogens is 1. The van der Waals surface area contributed by atoms with Crippen molar-refractivity contribution in [3.63, 3.8) is 0 Å². The molecule has 0 spiro atoms. The lowest BCUT2D eigenvalue weighted by atomic mass is 9.83. The highest BCUT2D eigenvalue weighted by Gasteiger charge is 2.36. The first-order chi connectivity index (χ1) is 17.0. The second kappa shape index (κ2) is 10.6. The number of pyridine rings is 1. The number of carbonyl (C=O) groups excluding carboxylic acids is 1. The van der Waals surface area contributed by atoms with E-state index < -0.39 is 11.5 Å². The van der Waals surface area contributed by atoms with E-state index in [1.807, 2.05) is 43.0 Å². The van der Waals surface area contributed by atoms with Crippen LogP contribution >= 0.6 is 34.8 Å². The molecule has 2 aromatic carbocycles. The molecule has 190 valence electrons. The van der Waals surface area contributed by atoms with Crippen molar-refractivity contribution in [1.82, 2.24) is 4.98 Å². The normalized spacial score (nSPS) is 17.9. The van der Waals surface area contributed by atoms with Gasteiger partial charge in [-0.25, -0.2) is 4.98 Å². The SMILES string of the molecule is CN(C(=O)C(C)(C)c1cc(Cl)cc(Cl)c1)c1cnc(N2CC(O)CC2CO)cc1-c1ccccc1Cl. The van der Waals surface area contributed by atoms with Gasteiger partial charge in [-0.05, 0) is 56.2 Å². The maximum Gasteiger partial charge on any atom is 0.236 e. The van der Waals surface area contributed by atoms with Gasteiger partial charge in [0, 0.05) is 39.8 Å². The molecule has 0 aliphatic carbocycles. The van der Waals surface area contributed by atoms with Gasteiger partial charge < -0.3 is 20.0 Å². The van der Waals surface area contributed by atoms with E-state index in [1.165, 1.54) is 0 Å². The molecule has 6 nitrogen and oxygen atoms in total. The van der Waals surface area contributed by atoms with Crippen molar-refractivity contribution in [2.45, 2.75) is 37.8 Å². The number of rotatable bonds is 6. The van der Waals surface area contributed by atoms with Crippen molar-refractivity contribution < 1.29 is 15.0 Å². The third-order valence-corrected chi connectivity index (χ3v) is 7.48. The van der Waals surface area contributed by atoms with Gasteiger partial charge >= 0.3 is 0 Å². The number of carbonyl (C=O) groups is 1. The van der Waals surface area contributed by atoms with Gasteiger partial charge in [-0.2, -0.15) is 0 Å². The van der Waals surface area contributed by atoms with E-state index in [0.717, 1.165) is 5.56 Å². The molecule has 2 atom stereocenters. The number of nitrogens with zero attached hydrogens (tertiary/aromatic N) is 3. The molecule has 0 radical (unpaired) electrons. The lowest BCUT2D eigenvalue weighted by molar-refractivity contribution is -0.122. The summed E-state index contributed by atoms with van der Waals surface area (Å²) in [6.45, 7) is 3.90. The van der Waals surface area contributed by atoms with Gasteiger partial charge in [0.15, 0.2) is 0 Å². The zero-order valence-electron chi connectivity index (χ0n) is 20.3. The van der Waals surface area contributed by atoms with Crippen LogP contribution in [0.2, 0.25) is 15.1 Å². The Morgan fingerprint density at radius 2 is 1.78 bits per heavy atom. The predicted octanol–water partition coefficient (Wildman–Crippen LogP) is 5.58. The lowest BCUT2D eigenvalue weighted by Gasteiger charge is -2.32. The summed E-state index contributed by atoms with van der Waals surface area (Å²) in [7, 11) is 1.70. The molecular formula is C27H28Cl3N3O3.